The molecule has 1 fully saturated rings. The number of rotatable bonds is 3. The number of hydrogen-bond acceptors (Lipinski definition) is 2. The van der Waals surface area contributed by atoms with Crippen LogP contribution >= 0.6 is 0 Å². The van der Waals surface area contributed by atoms with Crippen LogP contribution in [-0.2, 0) is 0 Å². The third kappa shape index (κ3) is 2.57. The molecule has 2 heteroatoms. The summed E-state index contributed by atoms with van der Waals surface area (Å²) in [6.45, 7) is 2.38. The van der Waals surface area contributed by atoms with Crippen molar-refractivity contribution >= 4 is 10.8 Å². The van der Waals surface area contributed by atoms with Crippen LogP contribution in [0.2, 0.25) is 0 Å². The Kier molecular flexibility index (Phi) is 4.02. The summed E-state index contributed by atoms with van der Waals surface area (Å²) in [6.07, 6.45) is 7.33. The van der Waals surface area contributed by atoms with Crippen LogP contribution in [0, 0.1) is 11.8 Å². The van der Waals surface area contributed by atoms with Gasteiger partial charge in [0, 0.05) is 11.6 Å². The van der Waals surface area contributed by atoms with E-state index in [0.717, 1.165) is 5.92 Å². The van der Waals surface area contributed by atoms with E-state index in [-0.39, 0.29) is 0 Å². The number of fused-ring (bicyclic) bond motifs is 1. The van der Waals surface area contributed by atoms with Crippen molar-refractivity contribution in [1.29, 1.82) is 0 Å². The number of pyridine rings is 1. The average molecular weight is 268 g/mol. The average Bonchev–Trinajstić information content (AvgIpc) is 2.48. The highest BCUT2D eigenvalue weighted by molar-refractivity contribution is 5.84. The maximum Gasteiger partial charge on any atom is 0.0654 e. The minimum Gasteiger partial charge on any atom is -0.311 e. The van der Waals surface area contributed by atoms with Crippen LogP contribution in [0.25, 0.3) is 10.8 Å². The Bertz CT molecular complexity index is 573. The third-order valence-electron chi connectivity index (χ3n) is 4.76. The molecule has 0 bridgehead atoms. The van der Waals surface area contributed by atoms with E-state index in [0.29, 0.717) is 12.0 Å². The highest BCUT2D eigenvalue weighted by Gasteiger charge is 2.28. The summed E-state index contributed by atoms with van der Waals surface area (Å²) in [5, 5.41) is 6.13. The second-order valence-corrected chi connectivity index (χ2v) is 6.22. The van der Waals surface area contributed by atoms with Crippen LogP contribution in [0.3, 0.4) is 0 Å². The topological polar surface area (TPSA) is 24.9 Å². The smallest absolute Gasteiger partial charge is 0.0654 e. The van der Waals surface area contributed by atoms with Gasteiger partial charge in [-0.05, 0) is 43.2 Å². The van der Waals surface area contributed by atoms with E-state index in [1.807, 2.05) is 6.20 Å². The lowest BCUT2D eigenvalue weighted by molar-refractivity contribution is 0.228. The van der Waals surface area contributed by atoms with Gasteiger partial charge in [-0.3, -0.25) is 4.98 Å². The first-order chi connectivity index (χ1) is 9.79. The molecular formula is C18H24N2. The molecule has 0 saturated heterocycles. The first-order valence-corrected chi connectivity index (χ1v) is 7.80. The summed E-state index contributed by atoms with van der Waals surface area (Å²) >= 11 is 0. The molecule has 1 N–H and O–H groups in total. The Hall–Kier alpha value is -1.41. The van der Waals surface area contributed by atoms with E-state index in [1.165, 1.54) is 42.1 Å². The van der Waals surface area contributed by atoms with Gasteiger partial charge in [0.25, 0.3) is 0 Å². The van der Waals surface area contributed by atoms with Crippen molar-refractivity contribution in [2.75, 3.05) is 7.05 Å². The lowest BCUT2D eigenvalue weighted by atomic mass is 9.77. The van der Waals surface area contributed by atoms with Gasteiger partial charge in [-0.1, -0.05) is 44.0 Å². The molecule has 2 aromatic rings. The standard InChI is InChI=1S/C18H24N2/c1-13-6-5-8-15(12-13)17(19-2)18-16-9-4-3-7-14(16)10-11-20-18/h3-4,7,9-11,13,15,17,19H,5-6,8,12H2,1-2H3. The van der Waals surface area contributed by atoms with E-state index in [2.05, 4.69) is 49.6 Å². The Labute approximate surface area is 121 Å². The van der Waals surface area contributed by atoms with E-state index in [9.17, 15) is 0 Å². The lowest BCUT2D eigenvalue weighted by Crippen LogP contribution is -2.29. The number of hydrogen-bond donors (Lipinski definition) is 1. The minimum absolute atomic E-state index is 0.379. The summed E-state index contributed by atoms with van der Waals surface area (Å²) in [5.74, 6) is 1.56. The zero-order valence-corrected chi connectivity index (χ0v) is 12.5. The molecule has 3 atom stereocenters. The van der Waals surface area contributed by atoms with Crippen LogP contribution in [-0.4, -0.2) is 12.0 Å². The van der Waals surface area contributed by atoms with Crippen LogP contribution in [0.1, 0.15) is 44.3 Å². The molecule has 0 spiro atoms. The summed E-state index contributed by atoms with van der Waals surface area (Å²) in [4.78, 5) is 4.72. The molecule has 1 aliphatic rings. The molecule has 3 rings (SSSR count). The molecule has 1 aliphatic carbocycles. The molecule has 0 radical (unpaired) electrons. The fourth-order valence-electron chi connectivity index (χ4n) is 3.77. The minimum atomic E-state index is 0.379. The largest absolute Gasteiger partial charge is 0.311 e. The van der Waals surface area contributed by atoms with Crippen molar-refractivity contribution in [1.82, 2.24) is 10.3 Å². The van der Waals surface area contributed by atoms with Crippen molar-refractivity contribution in [2.24, 2.45) is 11.8 Å². The van der Waals surface area contributed by atoms with Gasteiger partial charge in [-0.2, -0.15) is 0 Å². The highest BCUT2D eigenvalue weighted by atomic mass is 14.9. The van der Waals surface area contributed by atoms with E-state index < -0.39 is 0 Å². The molecule has 3 unspecified atom stereocenters. The molecule has 1 aromatic heterocycles. The Morgan fingerprint density at radius 2 is 2.05 bits per heavy atom. The number of aromatic nitrogens is 1. The van der Waals surface area contributed by atoms with E-state index in [4.69, 9.17) is 4.98 Å². The first kappa shape index (κ1) is 13.6. The molecule has 106 valence electrons. The number of benzene rings is 1. The fraction of sp³-hybridized carbons (Fsp3) is 0.500. The van der Waals surface area contributed by atoms with Gasteiger partial charge in [0.05, 0.1) is 11.7 Å². The predicted octanol–water partition coefficient (Wildman–Crippen LogP) is 4.32. The van der Waals surface area contributed by atoms with Crippen molar-refractivity contribution in [3.8, 4) is 0 Å². The summed E-state index contributed by atoms with van der Waals surface area (Å²) in [7, 11) is 2.08. The zero-order valence-electron chi connectivity index (χ0n) is 12.5. The Morgan fingerprint density at radius 1 is 1.20 bits per heavy atom. The van der Waals surface area contributed by atoms with Crippen LogP contribution in [0.5, 0.6) is 0 Å². The Balaban J connectivity index is 1.98. The van der Waals surface area contributed by atoms with Crippen molar-refractivity contribution in [2.45, 2.75) is 38.6 Å². The molecular weight excluding hydrogens is 244 g/mol. The zero-order chi connectivity index (χ0) is 13.9. The molecule has 0 aliphatic heterocycles. The molecule has 1 aromatic carbocycles. The predicted molar refractivity (Wildman–Crippen MR) is 84.7 cm³/mol. The van der Waals surface area contributed by atoms with Gasteiger partial charge >= 0.3 is 0 Å². The van der Waals surface area contributed by atoms with Gasteiger partial charge in [-0.15, -0.1) is 0 Å². The maximum atomic E-state index is 4.72. The highest BCUT2D eigenvalue weighted by Crippen LogP contribution is 2.38. The summed E-state index contributed by atoms with van der Waals surface area (Å²) < 4.78 is 0. The summed E-state index contributed by atoms with van der Waals surface area (Å²) in [5.41, 5.74) is 1.23. The molecule has 1 saturated carbocycles. The summed E-state index contributed by atoms with van der Waals surface area (Å²) in [6, 6.07) is 11.1. The van der Waals surface area contributed by atoms with Crippen LogP contribution in [0.15, 0.2) is 36.5 Å². The second kappa shape index (κ2) is 5.92. The first-order valence-electron chi connectivity index (χ1n) is 7.80. The van der Waals surface area contributed by atoms with Crippen LogP contribution < -0.4 is 5.32 Å². The maximum absolute atomic E-state index is 4.72. The third-order valence-corrected chi connectivity index (χ3v) is 4.76. The van der Waals surface area contributed by atoms with Gasteiger partial charge in [0.1, 0.15) is 0 Å². The fourth-order valence-corrected chi connectivity index (χ4v) is 3.77. The second-order valence-electron chi connectivity index (χ2n) is 6.22. The van der Waals surface area contributed by atoms with Crippen LogP contribution in [0.4, 0.5) is 0 Å². The molecule has 0 amide bonds. The van der Waals surface area contributed by atoms with E-state index >= 15 is 0 Å². The molecule has 1 heterocycles. The quantitative estimate of drug-likeness (QED) is 0.896. The van der Waals surface area contributed by atoms with Crippen molar-refractivity contribution < 1.29 is 0 Å². The van der Waals surface area contributed by atoms with E-state index in [1.54, 1.807) is 0 Å². The lowest BCUT2D eigenvalue weighted by Gasteiger charge is -2.33. The van der Waals surface area contributed by atoms with Crippen molar-refractivity contribution in [3.05, 3.63) is 42.2 Å². The molecule has 2 nitrogen and oxygen atoms in total. The Morgan fingerprint density at radius 3 is 2.85 bits per heavy atom. The van der Waals surface area contributed by atoms with Gasteiger partial charge in [0.15, 0.2) is 0 Å². The van der Waals surface area contributed by atoms with Gasteiger partial charge in [-0.25, -0.2) is 0 Å². The molecule has 20 heavy (non-hydrogen) atoms. The number of nitrogens with zero attached hydrogens (tertiary/aromatic N) is 1. The van der Waals surface area contributed by atoms with Gasteiger partial charge < -0.3 is 5.32 Å². The normalized spacial score (nSPS) is 24.7. The SMILES string of the molecule is CNC(c1nccc2ccccc12)C1CCCC(C)C1. The van der Waals surface area contributed by atoms with Crippen molar-refractivity contribution in [3.63, 3.8) is 0 Å². The monoisotopic (exact) mass is 268 g/mol. The van der Waals surface area contributed by atoms with Gasteiger partial charge in [0.2, 0.25) is 0 Å². The number of nitrogens with one attached hydrogen (secondary N) is 1.